The highest BCUT2D eigenvalue weighted by Crippen LogP contribution is 2.40. The number of nitrogens with zero attached hydrogens (tertiary/aromatic N) is 1. The molecule has 0 spiro atoms. The van der Waals surface area contributed by atoms with E-state index in [4.69, 9.17) is 0 Å². The van der Waals surface area contributed by atoms with Crippen LogP contribution in [-0.4, -0.2) is 17.1 Å². The molecule has 0 radical (unpaired) electrons. The Bertz CT molecular complexity index is 487. The van der Waals surface area contributed by atoms with Crippen molar-refractivity contribution in [2.24, 2.45) is 0 Å². The summed E-state index contributed by atoms with van der Waals surface area (Å²) in [7, 11) is 0. The lowest BCUT2D eigenvalue weighted by Crippen LogP contribution is -2.43. The highest BCUT2D eigenvalue weighted by molar-refractivity contribution is 9.11. The fourth-order valence-electron chi connectivity index (χ4n) is 3.05. The Balaban J connectivity index is 1.92. The minimum absolute atomic E-state index is 0.486. The zero-order valence-corrected chi connectivity index (χ0v) is 13.3. The van der Waals surface area contributed by atoms with Gasteiger partial charge in [-0.1, -0.05) is 22.0 Å². The fraction of sp³-hybridized carbons (Fsp3) is 0.429. The Morgan fingerprint density at radius 2 is 2.22 bits per heavy atom. The lowest BCUT2D eigenvalue weighted by Gasteiger charge is -2.37. The van der Waals surface area contributed by atoms with Crippen LogP contribution in [0.4, 0.5) is 5.69 Å². The van der Waals surface area contributed by atoms with Crippen molar-refractivity contribution in [1.82, 2.24) is 4.90 Å². The van der Waals surface area contributed by atoms with Gasteiger partial charge < -0.3 is 5.32 Å². The Kier molecular flexibility index (Phi) is 3.52. The zero-order valence-electron chi connectivity index (χ0n) is 10.1. The monoisotopic (exact) mass is 370 g/mol. The number of fused-ring (bicyclic) bond motifs is 2. The van der Waals surface area contributed by atoms with Gasteiger partial charge in [-0.25, -0.2) is 0 Å². The van der Waals surface area contributed by atoms with Gasteiger partial charge >= 0.3 is 0 Å². The van der Waals surface area contributed by atoms with Crippen LogP contribution in [0.3, 0.4) is 0 Å². The Labute approximate surface area is 125 Å². The van der Waals surface area contributed by atoms with Crippen LogP contribution in [0.1, 0.15) is 24.8 Å². The fourth-order valence-corrected chi connectivity index (χ4v) is 4.48. The van der Waals surface area contributed by atoms with Gasteiger partial charge in [0.05, 0.1) is 11.9 Å². The van der Waals surface area contributed by atoms with E-state index < -0.39 is 0 Å². The molecule has 0 saturated carbocycles. The van der Waals surface area contributed by atoms with Crippen LogP contribution < -0.4 is 5.32 Å². The van der Waals surface area contributed by atoms with Crippen molar-refractivity contribution in [2.45, 2.75) is 38.0 Å². The van der Waals surface area contributed by atoms with Gasteiger partial charge in [-0.15, -0.1) is 6.58 Å². The molecule has 1 aromatic rings. The van der Waals surface area contributed by atoms with Gasteiger partial charge in [-0.05, 0) is 52.9 Å². The predicted octanol–water partition coefficient (Wildman–Crippen LogP) is 4.50. The topological polar surface area (TPSA) is 15.3 Å². The number of rotatable bonds is 2. The van der Waals surface area contributed by atoms with Gasteiger partial charge in [0, 0.05) is 21.5 Å². The molecule has 1 fully saturated rings. The van der Waals surface area contributed by atoms with Crippen LogP contribution in [0.2, 0.25) is 0 Å². The van der Waals surface area contributed by atoms with E-state index in [1.165, 1.54) is 24.1 Å². The molecule has 0 amide bonds. The second-order valence-electron chi connectivity index (χ2n) is 5.01. The first-order valence-corrected chi connectivity index (χ1v) is 7.88. The van der Waals surface area contributed by atoms with Crippen LogP contribution >= 0.6 is 31.9 Å². The summed E-state index contributed by atoms with van der Waals surface area (Å²) < 4.78 is 2.28. The van der Waals surface area contributed by atoms with Crippen molar-refractivity contribution < 1.29 is 0 Å². The van der Waals surface area contributed by atoms with E-state index in [0.717, 1.165) is 21.9 Å². The largest absolute Gasteiger partial charge is 0.368 e. The first-order valence-electron chi connectivity index (χ1n) is 6.30. The van der Waals surface area contributed by atoms with Crippen LogP contribution in [0, 0.1) is 0 Å². The normalized spacial score (nSPS) is 26.3. The molecule has 96 valence electrons. The molecule has 18 heavy (non-hydrogen) atoms. The average molecular weight is 372 g/mol. The quantitative estimate of drug-likeness (QED) is 0.769. The molecule has 4 heteroatoms. The van der Waals surface area contributed by atoms with Crippen molar-refractivity contribution in [1.29, 1.82) is 0 Å². The molecule has 0 aliphatic carbocycles. The highest BCUT2D eigenvalue weighted by atomic mass is 79.9. The molecule has 2 nitrogen and oxygen atoms in total. The lowest BCUT2D eigenvalue weighted by atomic mass is 10.1. The third-order valence-electron chi connectivity index (χ3n) is 3.88. The van der Waals surface area contributed by atoms with E-state index in [2.05, 4.69) is 60.8 Å². The summed E-state index contributed by atoms with van der Waals surface area (Å²) in [5, 5.41) is 3.67. The maximum absolute atomic E-state index is 3.87. The number of hydrogen-bond donors (Lipinski definition) is 1. The number of benzene rings is 1. The standard InChI is InChI=1S/C14H16Br2N2/c1-2-3-11-4-5-13-17-14-9(8-18(11)13)6-10(15)7-12(14)16/h2,6-7,11,13,17H,1,3-5,8H2. The van der Waals surface area contributed by atoms with E-state index in [9.17, 15) is 0 Å². The van der Waals surface area contributed by atoms with Crippen molar-refractivity contribution >= 4 is 37.5 Å². The number of hydrogen-bond acceptors (Lipinski definition) is 2. The molecule has 1 saturated heterocycles. The molecule has 0 bridgehead atoms. The second kappa shape index (κ2) is 4.99. The predicted molar refractivity (Wildman–Crippen MR) is 82.6 cm³/mol. The van der Waals surface area contributed by atoms with Crippen molar-refractivity contribution in [3.8, 4) is 0 Å². The molecule has 3 rings (SSSR count). The van der Waals surface area contributed by atoms with Gasteiger partial charge in [0.15, 0.2) is 0 Å². The molecule has 0 aromatic heterocycles. The number of nitrogens with one attached hydrogen (secondary N) is 1. The third-order valence-corrected chi connectivity index (χ3v) is 4.97. The Morgan fingerprint density at radius 3 is 3.00 bits per heavy atom. The summed E-state index contributed by atoms with van der Waals surface area (Å²) in [5.41, 5.74) is 2.63. The van der Waals surface area contributed by atoms with Gasteiger partial charge in [-0.3, -0.25) is 4.90 Å². The van der Waals surface area contributed by atoms with Crippen LogP contribution in [0.5, 0.6) is 0 Å². The van der Waals surface area contributed by atoms with Gasteiger partial charge in [0.25, 0.3) is 0 Å². The first kappa shape index (κ1) is 12.7. The molecule has 2 unspecified atom stereocenters. The summed E-state index contributed by atoms with van der Waals surface area (Å²) in [6.45, 7) is 4.90. The molecular weight excluding hydrogens is 356 g/mol. The smallest absolute Gasteiger partial charge is 0.0799 e. The molecule has 1 N–H and O–H groups in total. The summed E-state index contributed by atoms with van der Waals surface area (Å²) in [6, 6.07) is 4.97. The summed E-state index contributed by atoms with van der Waals surface area (Å²) in [6.07, 6.45) is 6.10. The van der Waals surface area contributed by atoms with E-state index in [1.54, 1.807) is 0 Å². The maximum Gasteiger partial charge on any atom is 0.0799 e. The molecule has 2 aliphatic rings. The summed E-state index contributed by atoms with van der Waals surface area (Å²) >= 11 is 7.22. The van der Waals surface area contributed by atoms with E-state index in [0.29, 0.717) is 12.2 Å². The van der Waals surface area contributed by atoms with E-state index >= 15 is 0 Å². The number of anilines is 1. The summed E-state index contributed by atoms with van der Waals surface area (Å²) in [5.74, 6) is 0. The second-order valence-corrected chi connectivity index (χ2v) is 6.78. The van der Waals surface area contributed by atoms with Gasteiger partial charge in [0.2, 0.25) is 0 Å². The van der Waals surface area contributed by atoms with Gasteiger partial charge in [0.1, 0.15) is 0 Å². The van der Waals surface area contributed by atoms with Gasteiger partial charge in [-0.2, -0.15) is 0 Å². The molecular formula is C14H16Br2N2. The minimum Gasteiger partial charge on any atom is -0.368 e. The van der Waals surface area contributed by atoms with E-state index in [-0.39, 0.29) is 0 Å². The zero-order chi connectivity index (χ0) is 12.7. The molecule has 1 aromatic carbocycles. The molecule has 2 aliphatic heterocycles. The first-order chi connectivity index (χ1) is 8.69. The number of halogens is 2. The van der Waals surface area contributed by atoms with Crippen LogP contribution in [-0.2, 0) is 6.54 Å². The average Bonchev–Trinajstić information content (AvgIpc) is 2.70. The third kappa shape index (κ3) is 2.15. The van der Waals surface area contributed by atoms with Crippen LogP contribution in [0.15, 0.2) is 33.7 Å². The molecule has 2 atom stereocenters. The highest BCUT2D eigenvalue weighted by Gasteiger charge is 2.36. The van der Waals surface area contributed by atoms with Crippen molar-refractivity contribution in [3.05, 3.63) is 39.3 Å². The van der Waals surface area contributed by atoms with Crippen molar-refractivity contribution in [2.75, 3.05) is 5.32 Å². The Hall–Kier alpha value is -0.320. The minimum atomic E-state index is 0.486. The molecule has 2 heterocycles. The summed E-state index contributed by atoms with van der Waals surface area (Å²) in [4.78, 5) is 2.57. The van der Waals surface area contributed by atoms with Crippen molar-refractivity contribution in [3.63, 3.8) is 0 Å². The SMILES string of the molecule is C=CCC1CCC2Nc3c(Br)cc(Br)cc3CN12. The maximum atomic E-state index is 3.87. The van der Waals surface area contributed by atoms with Crippen LogP contribution in [0.25, 0.3) is 0 Å². The Morgan fingerprint density at radius 1 is 1.39 bits per heavy atom. The lowest BCUT2D eigenvalue weighted by molar-refractivity contribution is 0.191. The van der Waals surface area contributed by atoms with E-state index in [1.807, 2.05) is 6.08 Å².